The molecule has 2 unspecified atom stereocenters. The molecule has 13 heteroatoms. The number of ether oxygens (including phenoxy) is 3. The number of rotatable bonds is 11. The first-order valence-corrected chi connectivity index (χ1v) is 13.8. The van der Waals surface area contributed by atoms with Crippen LogP contribution in [0, 0.1) is 5.92 Å². The van der Waals surface area contributed by atoms with E-state index in [0.29, 0.717) is 16.3 Å². The van der Waals surface area contributed by atoms with Gasteiger partial charge in [0.05, 0.1) is 38.2 Å². The molecule has 0 bridgehead atoms. The molecule has 0 fully saturated rings. The van der Waals surface area contributed by atoms with Crippen molar-refractivity contribution < 1.29 is 32.2 Å². The molecular weight excluding hydrogens is 557 g/mol. The number of pyridine rings is 1. The molecule has 0 saturated carbocycles. The van der Waals surface area contributed by atoms with E-state index in [2.05, 4.69) is 14.7 Å². The summed E-state index contributed by atoms with van der Waals surface area (Å²) in [5.74, 6) is -2.99. The average Bonchev–Trinajstić information content (AvgIpc) is 2.88. The monoisotopic (exact) mass is 583 g/mol. The lowest BCUT2D eigenvalue weighted by Crippen LogP contribution is -2.37. The smallest absolute Gasteiger partial charge is 0.336 e. The van der Waals surface area contributed by atoms with E-state index in [1.165, 1.54) is 19.2 Å². The highest BCUT2D eigenvalue weighted by Gasteiger charge is 2.43. The van der Waals surface area contributed by atoms with Gasteiger partial charge in [-0.25, -0.2) is 22.9 Å². The molecule has 1 aromatic carbocycles. The molecule has 3 rings (SSSR count). The van der Waals surface area contributed by atoms with Crippen molar-refractivity contribution >= 4 is 50.9 Å². The molecule has 0 saturated heterocycles. The number of halogens is 2. The number of sulfonamides is 1. The Hall–Kier alpha value is -2.83. The zero-order chi connectivity index (χ0) is 27.9. The van der Waals surface area contributed by atoms with Gasteiger partial charge in [0, 0.05) is 29.4 Å². The Labute approximate surface area is 231 Å². The van der Waals surface area contributed by atoms with Crippen LogP contribution in [0.25, 0.3) is 0 Å². The van der Waals surface area contributed by atoms with Crippen LogP contribution in [0.1, 0.15) is 25.3 Å². The maximum atomic E-state index is 13.2. The second-order valence-corrected chi connectivity index (χ2v) is 10.7. The quantitative estimate of drug-likeness (QED) is 0.241. The van der Waals surface area contributed by atoms with Gasteiger partial charge in [0.1, 0.15) is 16.0 Å². The van der Waals surface area contributed by atoms with Crippen LogP contribution in [0.15, 0.2) is 63.8 Å². The fourth-order valence-electron chi connectivity index (χ4n) is 4.01. The summed E-state index contributed by atoms with van der Waals surface area (Å²) in [5, 5.41) is 0.528. The highest BCUT2D eigenvalue weighted by atomic mass is 35.5. The number of carbonyl (C=O) groups is 2. The lowest BCUT2D eigenvalue weighted by molar-refractivity contribution is -0.144. The molecule has 0 radical (unpaired) electrons. The first-order valence-electron chi connectivity index (χ1n) is 11.6. The van der Waals surface area contributed by atoms with Gasteiger partial charge in [-0.1, -0.05) is 41.4 Å². The first kappa shape index (κ1) is 29.7. The number of hydrogen-bond acceptors (Lipinski definition) is 9. The van der Waals surface area contributed by atoms with Crippen LogP contribution >= 0.6 is 23.2 Å². The third-order valence-corrected chi connectivity index (χ3v) is 7.71. The zero-order valence-corrected chi connectivity index (χ0v) is 23.3. The number of carbonyl (C=O) groups excluding carboxylic acids is 2. The molecule has 1 aliphatic heterocycles. The summed E-state index contributed by atoms with van der Waals surface area (Å²) in [6.07, 6.45) is 1.15. The fourth-order valence-corrected chi connectivity index (χ4v) is 5.33. The molecule has 2 heterocycles. The van der Waals surface area contributed by atoms with Crippen molar-refractivity contribution in [1.29, 1.82) is 0 Å². The molecule has 1 N–H and O–H groups in total. The molecule has 1 aliphatic rings. The number of aromatic nitrogens is 1. The van der Waals surface area contributed by atoms with Gasteiger partial charge >= 0.3 is 11.9 Å². The van der Waals surface area contributed by atoms with E-state index < -0.39 is 33.8 Å². The van der Waals surface area contributed by atoms with Crippen molar-refractivity contribution in [1.82, 2.24) is 9.71 Å². The van der Waals surface area contributed by atoms with Crippen LogP contribution in [0.5, 0.6) is 0 Å². The van der Waals surface area contributed by atoms with E-state index in [0.717, 1.165) is 6.20 Å². The SMILES string of the molecule is CCOC(=O)C1=C(COCCNS(=O)(=O)c2ccc(Cl)nc2)N=C(C)C(C(=O)OC)C1c1ccccc1Cl. The normalized spacial score (nSPS) is 17.7. The summed E-state index contributed by atoms with van der Waals surface area (Å²) in [6.45, 7) is 3.17. The molecule has 0 spiro atoms. The summed E-state index contributed by atoms with van der Waals surface area (Å²) in [4.78, 5) is 34.2. The number of esters is 2. The van der Waals surface area contributed by atoms with Crippen molar-refractivity contribution in [2.45, 2.75) is 24.7 Å². The minimum absolute atomic E-state index is 0.0361. The Morgan fingerprint density at radius 1 is 1.13 bits per heavy atom. The number of methoxy groups -OCH3 is 1. The van der Waals surface area contributed by atoms with Gasteiger partial charge < -0.3 is 14.2 Å². The second kappa shape index (κ2) is 13.3. The third-order valence-electron chi connectivity index (χ3n) is 5.70. The van der Waals surface area contributed by atoms with Crippen LogP contribution in [-0.4, -0.2) is 64.5 Å². The Bertz CT molecular complexity index is 1340. The van der Waals surface area contributed by atoms with Crippen LogP contribution < -0.4 is 4.72 Å². The van der Waals surface area contributed by atoms with E-state index in [4.69, 9.17) is 37.4 Å². The predicted octanol–water partition coefficient (Wildman–Crippen LogP) is 3.55. The van der Waals surface area contributed by atoms with Crippen molar-refractivity contribution in [3.05, 3.63) is 69.6 Å². The van der Waals surface area contributed by atoms with Crippen molar-refractivity contribution in [2.75, 3.05) is 33.5 Å². The minimum atomic E-state index is -3.82. The van der Waals surface area contributed by atoms with Gasteiger partial charge in [-0.05, 0) is 37.6 Å². The fraction of sp³-hybridized carbons (Fsp3) is 0.360. The topological polar surface area (TPSA) is 133 Å². The Balaban J connectivity index is 1.85. The highest BCUT2D eigenvalue weighted by Crippen LogP contribution is 2.42. The van der Waals surface area contributed by atoms with E-state index in [1.807, 2.05) is 0 Å². The molecule has 38 heavy (non-hydrogen) atoms. The van der Waals surface area contributed by atoms with Crippen LogP contribution in [0.2, 0.25) is 10.2 Å². The summed E-state index contributed by atoms with van der Waals surface area (Å²) < 4.78 is 43.3. The van der Waals surface area contributed by atoms with Gasteiger partial charge in [-0.3, -0.25) is 9.79 Å². The summed E-state index contributed by atoms with van der Waals surface area (Å²) in [6, 6.07) is 9.57. The molecule has 0 aliphatic carbocycles. The standard InChI is InChI=1S/C25H27Cl2N3O7S/c1-4-37-25(32)23-19(14-36-12-11-29-38(33,34)16-9-10-20(27)28-13-16)30-15(2)21(24(31)35-3)22(23)17-7-5-6-8-18(17)26/h5-10,13,21-22,29H,4,11-12,14H2,1-3H3. The number of nitrogens with one attached hydrogen (secondary N) is 1. The van der Waals surface area contributed by atoms with E-state index in [-0.39, 0.29) is 47.7 Å². The number of hydrogen-bond donors (Lipinski definition) is 1. The van der Waals surface area contributed by atoms with Crippen LogP contribution in [0.4, 0.5) is 0 Å². The van der Waals surface area contributed by atoms with Gasteiger partial charge in [0.2, 0.25) is 10.0 Å². The van der Waals surface area contributed by atoms with Gasteiger partial charge in [-0.15, -0.1) is 0 Å². The highest BCUT2D eigenvalue weighted by molar-refractivity contribution is 7.89. The third kappa shape index (κ3) is 6.97. The minimum Gasteiger partial charge on any atom is -0.468 e. The van der Waals surface area contributed by atoms with E-state index in [9.17, 15) is 18.0 Å². The molecular formula is C25H27Cl2N3O7S. The van der Waals surface area contributed by atoms with E-state index >= 15 is 0 Å². The lowest BCUT2D eigenvalue weighted by atomic mass is 9.75. The maximum absolute atomic E-state index is 13.2. The predicted molar refractivity (Wildman–Crippen MR) is 142 cm³/mol. The van der Waals surface area contributed by atoms with Crippen LogP contribution in [-0.2, 0) is 33.8 Å². The zero-order valence-electron chi connectivity index (χ0n) is 20.9. The molecule has 2 aromatic rings. The number of aliphatic imine (C=N–C) groups is 1. The number of nitrogens with zero attached hydrogens (tertiary/aromatic N) is 2. The second-order valence-electron chi connectivity index (χ2n) is 8.10. The van der Waals surface area contributed by atoms with Gasteiger partial charge in [0.25, 0.3) is 0 Å². The molecule has 1 aromatic heterocycles. The van der Waals surface area contributed by atoms with Crippen molar-refractivity contribution in [3.8, 4) is 0 Å². The number of benzene rings is 1. The lowest BCUT2D eigenvalue weighted by Gasteiger charge is -2.32. The molecule has 0 amide bonds. The Kier molecular flexibility index (Phi) is 10.4. The summed E-state index contributed by atoms with van der Waals surface area (Å²) >= 11 is 12.2. The molecule has 10 nitrogen and oxygen atoms in total. The average molecular weight is 584 g/mol. The van der Waals surface area contributed by atoms with Gasteiger partial charge in [0.15, 0.2) is 0 Å². The summed E-state index contributed by atoms with van der Waals surface area (Å²) in [5.41, 5.74) is 1.30. The maximum Gasteiger partial charge on any atom is 0.336 e. The molecule has 204 valence electrons. The van der Waals surface area contributed by atoms with Gasteiger partial charge in [-0.2, -0.15) is 0 Å². The van der Waals surface area contributed by atoms with E-state index in [1.54, 1.807) is 38.1 Å². The van der Waals surface area contributed by atoms with Crippen molar-refractivity contribution in [3.63, 3.8) is 0 Å². The Morgan fingerprint density at radius 2 is 1.87 bits per heavy atom. The Morgan fingerprint density at radius 3 is 2.50 bits per heavy atom. The van der Waals surface area contributed by atoms with Crippen molar-refractivity contribution in [2.24, 2.45) is 10.9 Å². The summed E-state index contributed by atoms with van der Waals surface area (Å²) in [7, 11) is -2.57. The molecule has 2 atom stereocenters. The largest absolute Gasteiger partial charge is 0.468 e. The first-order chi connectivity index (χ1) is 18.1. The van der Waals surface area contributed by atoms with Crippen LogP contribution in [0.3, 0.4) is 0 Å².